The average Bonchev–Trinajstić information content (AvgIpc) is 2.03. The number of hydrogen-bond donors (Lipinski definition) is 1. The van der Waals surface area contributed by atoms with Crippen molar-refractivity contribution < 1.29 is 19.5 Å². The van der Waals surface area contributed by atoms with E-state index in [2.05, 4.69) is 0 Å². The Hall–Kier alpha value is -1.19. The number of aliphatic carboxylic acids is 1. The van der Waals surface area contributed by atoms with Gasteiger partial charge in [-0.15, -0.1) is 0 Å². The van der Waals surface area contributed by atoms with Crippen LogP contribution in [0.15, 0.2) is 0 Å². The maximum atomic E-state index is 11.7. The van der Waals surface area contributed by atoms with Gasteiger partial charge in [-0.05, 0) is 6.42 Å². The zero-order chi connectivity index (χ0) is 11.5. The second kappa shape index (κ2) is 4.35. The predicted molar refractivity (Wildman–Crippen MR) is 50.9 cm³/mol. The van der Waals surface area contributed by atoms with Crippen molar-refractivity contribution in [2.24, 2.45) is 11.3 Å². The van der Waals surface area contributed by atoms with Gasteiger partial charge in [-0.2, -0.15) is 0 Å². The number of carboxylic acids is 1. The zero-order valence-corrected chi connectivity index (χ0v) is 8.96. The van der Waals surface area contributed by atoms with Crippen molar-refractivity contribution in [2.75, 3.05) is 0 Å². The maximum Gasteiger partial charge on any atom is 0.372 e. The lowest BCUT2D eigenvalue weighted by molar-refractivity contribution is -0.154. The van der Waals surface area contributed by atoms with Crippen LogP contribution in [0.1, 0.15) is 34.1 Å². The molecule has 80 valence electrons. The standard InChI is InChI=1S/C10H16O4/c1-5-6(7(11)9(13)14)8(12)10(2,3)4/h6H,5H2,1-4H3,(H,13,14). The summed E-state index contributed by atoms with van der Waals surface area (Å²) in [7, 11) is 0. The highest BCUT2D eigenvalue weighted by Gasteiger charge is 2.35. The molecular weight excluding hydrogens is 184 g/mol. The monoisotopic (exact) mass is 200 g/mol. The van der Waals surface area contributed by atoms with E-state index in [1.54, 1.807) is 27.7 Å². The van der Waals surface area contributed by atoms with Crippen molar-refractivity contribution in [3.63, 3.8) is 0 Å². The summed E-state index contributed by atoms with van der Waals surface area (Å²) in [5.74, 6) is -3.86. The van der Waals surface area contributed by atoms with Crippen LogP contribution < -0.4 is 0 Å². The first-order valence-corrected chi connectivity index (χ1v) is 4.53. The molecule has 0 saturated heterocycles. The summed E-state index contributed by atoms with van der Waals surface area (Å²) < 4.78 is 0. The first kappa shape index (κ1) is 12.8. The van der Waals surface area contributed by atoms with E-state index in [-0.39, 0.29) is 12.2 Å². The highest BCUT2D eigenvalue weighted by atomic mass is 16.4. The lowest BCUT2D eigenvalue weighted by Crippen LogP contribution is -2.36. The third-order valence-corrected chi connectivity index (χ3v) is 1.99. The Balaban J connectivity index is 4.84. The zero-order valence-electron chi connectivity index (χ0n) is 8.96. The molecule has 4 heteroatoms. The molecule has 0 aromatic heterocycles. The minimum Gasteiger partial charge on any atom is -0.475 e. The number of hydrogen-bond acceptors (Lipinski definition) is 3. The van der Waals surface area contributed by atoms with E-state index >= 15 is 0 Å². The van der Waals surface area contributed by atoms with Crippen LogP contribution in [-0.4, -0.2) is 22.6 Å². The average molecular weight is 200 g/mol. The SMILES string of the molecule is CCC(C(=O)C(=O)O)C(=O)C(C)(C)C. The molecule has 0 bridgehead atoms. The van der Waals surface area contributed by atoms with E-state index in [0.717, 1.165) is 0 Å². The fraction of sp³-hybridized carbons (Fsp3) is 0.700. The molecule has 0 fully saturated rings. The van der Waals surface area contributed by atoms with Gasteiger partial charge < -0.3 is 5.11 Å². The van der Waals surface area contributed by atoms with Gasteiger partial charge in [-0.25, -0.2) is 4.79 Å². The summed E-state index contributed by atoms with van der Waals surface area (Å²) in [5.41, 5.74) is -0.675. The first-order chi connectivity index (χ1) is 6.21. The van der Waals surface area contributed by atoms with Crippen molar-refractivity contribution in [3.05, 3.63) is 0 Å². The van der Waals surface area contributed by atoms with E-state index < -0.39 is 23.1 Å². The van der Waals surface area contributed by atoms with Crippen LogP contribution >= 0.6 is 0 Å². The van der Waals surface area contributed by atoms with Crippen LogP contribution in [0.4, 0.5) is 0 Å². The summed E-state index contributed by atoms with van der Waals surface area (Å²) in [6.45, 7) is 6.66. The highest BCUT2D eigenvalue weighted by molar-refractivity contribution is 6.37. The molecule has 0 aliphatic carbocycles. The van der Waals surface area contributed by atoms with Crippen LogP contribution in [-0.2, 0) is 14.4 Å². The summed E-state index contributed by atoms with van der Waals surface area (Å²) in [6.07, 6.45) is 0.237. The van der Waals surface area contributed by atoms with Crippen molar-refractivity contribution >= 4 is 17.5 Å². The molecule has 0 radical (unpaired) electrons. The van der Waals surface area contributed by atoms with Gasteiger partial charge in [0, 0.05) is 5.41 Å². The Labute approximate surface area is 83.3 Å². The molecule has 1 N–H and O–H groups in total. The third kappa shape index (κ3) is 2.94. The number of carbonyl (C=O) groups excluding carboxylic acids is 2. The molecule has 1 unspecified atom stereocenters. The smallest absolute Gasteiger partial charge is 0.372 e. The predicted octanol–water partition coefficient (Wildman–Crippen LogP) is 1.28. The Morgan fingerprint density at radius 3 is 1.86 bits per heavy atom. The second-order valence-electron chi connectivity index (χ2n) is 4.24. The fourth-order valence-corrected chi connectivity index (χ4v) is 1.16. The number of rotatable bonds is 4. The van der Waals surface area contributed by atoms with Crippen LogP contribution in [0.3, 0.4) is 0 Å². The third-order valence-electron chi connectivity index (χ3n) is 1.99. The molecule has 0 rings (SSSR count). The van der Waals surface area contributed by atoms with Gasteiger partial charge in [-0.1, -0.05) is 27.7 Å². The minimum atomic E-state index is -1.53. The number of ketones is 2. The largest absolute Gasteiger partial charge is 0.475 e. The molecule has 0 aliphatic rings. The summed E-state index contributed by atoms with van der Waals surface area (Å²) in [4.78, 5) is 33.2. The Morgan fingerprint density at radius 1 is 1.21 bits per heavy atom. The van der Waals surface area contributed by atoms with Gasteiger partial charge in [0.15, 0.2) is 0 Å². The minimum absolute atomic E-state index is 0.237. The molecule has 0 aliphatic heterocycles. The van der Waals surface area contributed by atoms with E-state index in [9.17, 15) is 14.4 Å². The van der Waals surface area contributed by atoms with E-state index in [1.807, 2.05) is 0 Å². The Bertz CT molecular complexity index is 260. The summed E-state index contributed by atoms with van der Waals surface area (Å²) in [5, 5.41) is 8.50. The molecular formula is C10H16O4. The van der Waals surface area contributed by atoms with Crippen molar-refractivity contribution in [1.29, 1.82) is 0 Å². The molecule has 0 aromatic carbocycles. The van der Waals surface area contributed by atoms with Gasteiger partial charge in [0.25, 0.3) is 0 Å². The number of carbonyl (C=O) groups is 3. The molecule has 0 heterocycles. The summed E-state index contributed by atoms with van der Waals surface area (Å²) >= 11 is 0. The van der Waals surface area contributed by atoms with Crippen LogP contribution in [0.2, 0.25) is 0 Å². The number of carboxylic acid groups (broad SMARTS) is 1. The summed E-state index contributed by atoms with van der Waals surface area (Å²) in [6, 6.07) is 0. The van der Waals surface area contributed by atoms with E-state index in [4.69, 9.17) is 5.11 Å². The molecule has 0 spiro atoms. The lowest BCUT2D eigenvalue weighted by Gasteiger charge is -2.21. The Kier molecular flexibility index (Phi) is 3.98. The van der Waals surface area contributed by atoms with Crippen molar-refractivity contribution in [2.45, 2.75) is 34.1 Å². The lowest BCUT2D eigenvalue weighted by atomic mass is 9.80. The van der Waals surface area contributed by atoms with Crippen LogP contribution in [0.25, 0.3) is 0 Å². The normalized spacial score (nSPS) is 13.4. The molecule has 0 aromatic rings. The van der Waals surface area contributed by atoms with E-state index in [0.29, 0.717) is 0 Å². The molecule has 1 atom stereocenters. The van der Waals surface area contributed by atoms with Crippen molar-refractivity contribution in [3.8, 4) is 0 Å². The van der Waals surface area contributed by atoms with Gasteiger partial charge in [0.2, 0.25) is 5.78 Å². The van der Waals surface area contributed by atoms with E-state index in [1.165, 1.54) is 0 Å². The first-order valence-electron chi connectivity index (χ1n) is 4.53. The molecule has 4 nitrogen and oxygen atoms in total. The van der Waals surface area contributed by atoms with Gasteiger partial charge in [-0.3, -0.25) is 9.59 Å². The second-order valence-corrected chi connectivity index (χ2v) is 4.24. The molecule has 0 saturated carbocycles. The van der Waals surface area contributed by atoms with Crippen LogP contribution in [0.5, 0.6) is 0 Å². The maximum absolute atomic E-state index is 11.7. The van der Waals surface area contributed by atoms with Gasteiger partial charge >= 0.3 is 5.97 Å². The topological polar surface area (TPSA) is 71.4 Å². The fourth-order valence-electron chi connectivity index (χ4n) is 1.16. The molecule has 0 amide bonds. The van der Waals surface area contributed by atoms with Gasteiger partial charge in [0.05, 0.1) is 5.92 Å². The highest BCUT2D eigenvalue weighted by Crippen LogP contribution is 2.22. The molecule has 14 heavy (non-hydrogen) atoms. The quantitative estimate of drug-likeness (QED) is 0.548. The van der Waals surface area contributed by atoms with Gasteiger partial charge in [0.1, 0.15) is 5.78 Å². The number of Topliss-reactive ketones (excluding diaryl/α,β-unsaturated/α-hetero) is 2. The Morgan fingerprint density at radius 2 is 1.64 bits per heavy atom. The van der Waals surface area contributed by atoms with Crippen LogP contribution in [0, 0.1) is 11.3 Å². The van der Waals surface area contributed by atoms with Crippen molar-refractivity contribution in [1.82, 2.24) is 0 Å².